The Balaban J connectivity index is 2.07. The molecular formula is C27H29ClN4O6S. The van der Waals surface area contributed by atoms with Crippen molar-refractivity contribution in [3.63, 3.8) is 0 Å². The summed E-state index contributed by atoms with van der Waals surface area (Å²) in [7, 11) is -4.33. The number of carbonyl (C=O) groups is 2. The SMILES string of the molecule is CC(C)NC(=O)[C@@H](C)N(Cc1cccc(Cl)c1)C(=O)CN(c1cccc([N+](=O)[O-])c1)S(=O)(=O)c1ccccc1. The quantitative estimate of drug-likeness (QED) is 0.268. The van der Waals surface area contributed by atoms with E-state index in [1.54, 1.807) is 51.1 Å². The normalized spacial score (nSPS) is 12.0. The lowest BCUT2D eigenvalue weighted by Crippen LogP contribution is -2.52. The summed E-state index contributed by atoms with van der Waals surface area (Å²) in [4.78, 5) is 38.7. The van der Waals surface area contributed by atoms with Gasteiger partial charge >= 0.3 is 0 Å². The van der Waals surface area contributed by atoms with Crippen LogP contribution in [0.25, 0.3) is 0 Å². The molecule has 0 heterocycles. The number of nitro groups is 1. The van der Waals surface area contributed by atoms with E-state index in [9.17, 15) is 28.1 Å². The van der Waals surface area contributed by atoms with E-state index in [1.165, 1.54) is 47.4 Å². The number of hydrogen-bond donors (Lipinski definition) is 1. The molecule has 0 aromatic heterocycles. The summed E-state index contributed by atoms with van der Waals surface area (Å²) in [5, 5.41) is 14.6. The molecular weight excluding hydrogens is 544 g/mol. The van der Waals surface area contributed by atoms with Crippen molar-refractivity contribution in [2.75, 3.05) is 10.8 Å². The zero-order valence-corrected chi connectivity index (χ0v) is 23.2. The van der Waals surface area contributed by atoms with E-state index < -0.39 is 39.3 Å². The fraction of sp³-hybridized carbons (Fsp3) is 0.259. The summed E-state index contributed by atoms with van der Waals surface area (Å²) < 4.78 is 28.2. The van der Waals surface area contributed by atoms with Gasteiger partial charge in [-0.3, -0.25) is 24.0 Å². The number of nitro benzene ring substituents is 1. The fourth-order valence-electron chi connectivity index (χ4n) is 3.83. The van der Waals surface area contributed by atoms with Crippen molar-refractivity contribution in [2.24, 2.45) is 0 Å². The minimum absolute atomic E-state index is 0.0275. The lowest BCUT2D eigenvalue weighted by atomic mass is 10.1. The van der Waals surface area contributed by atoms with Crippen LogP contribution in [-0.2, 0) is 26.2 Å². The molecule has 3 aromatic rings. The molecule has 0 saturated carbocycles. The smallest absolute Gasteiger partial charge is 0.271 e. The third-order valence-corrected chi connectivity index (χ3v) is 7.80. The van der Waals surface area contributed by atoms with Gasteiger partial charge in [0.05, 0.1) is 15.5 Å². The van der Waals surface area contributed by atoms with Crippen molar-refractivity contribution in [1.29, 1.82) is 0 Å². The molecule has 206 valence electrons. The maximum absolute atomic E-state index is 13.8. The third kappa shape index (κ3) is 7.55. The molecule has 0 fully saturated rings. The predicted octanol–water partition coefficient (Wildman–Crippen LogP) is 4.39. The third-order valence-electron chi connectivity index (χ3n) is 5.78. The largest absolute Gasteiger partial charge is 0.352 e. The number of amides is 2. The first-order chi connectivity index (χ1) is 18.4. The average molecular weight is 573 g/mol. The van der Waals surface area contributed by atoms with Gasteiger partial charge in [0, 0.05) is 29.7 Å². The van der Waals surface area contributed by atoms with E-state index in [-0.39, 0.29) is 28.9 Å². The number of carbonyl (C=O) groups excluding carboxylic acids is 2. The van der Waals surface area contributed by atoms with Gasteiger partial charge in [-0.2, -0.15) is 0 Å². The highest BCUT2D eigenvalue weighted by Crippen LogP contribution is 2.27. The number of hydrogen-bond acceptors (Lipinski definition) is 6. The highest BCUT2D eigenvalue weighted by Gasteiger charge is 2.33. The maximum atomic E-state index is 13.8. The molecule has 0 aliphatic heterocycles. The summed E-state index contributed by atoms with van der Waals surface area (Å²) in [6.07, 6.45) is 0. The number of benzene rings is 3. The number of halogens is 1. The molecule has 1 N–H and O–H groups in total. The number of nitrogens with one attached hydrogen (secondary N) is 1. The first-order valence-corrected chi connectivity index (χ1v) is 13.9. The number of nitrogens with zero attached hydrogens (tertiary/aromatic N) is 3. The Labute approximate surface area is 232 Å². The van der Waals surface area contributed by atoms with Gasteiger partial charge in [0.2, 0.25) is 11.8 Å². The van der Waals surface area contributed by atoms with Gasteiger partial charge in [-0.25, -0.2) is 8.42 Å². The Kier molecular flexibility index (Phi) is 9.66. The van der Waals surface area contributed by atoms with Crippen LogP contribution in [0.4, 0.5) is 11.4 Å². The van der Waals surface area contributed by atoms with Crippen LogP contribution in [0.15, 0.2) is 83.8 Å². The van der Waals surface area contributed by atoms with E-state index in [4.69, 9.17) is 11.6 Å². The second-order valence-electron chi connectivity index (χ2n) is 9.09. The molecule has 0 radical (unpaired) electrons. The minimum Gasteiger partial charge on any atom is -0.352 e. The molecule has 39 heavy (non-hydrogen) atoms. The van der Waals surface area contributed by atoms with Crippen molar-refractivity contribution < 1.29 is 22.9 Å². The van der Waals surface area contributed by atoms with E-state index in [0.29, 0.717) is 10.6 Å². The van der Waals surface area contributed by atoms with Crippen LogP contribution in [0, 0.1) is 10.1 Å². The lowest BCUT2D eigenvalue weighted by molar-refractivity contribution is -0.384. The maximum Gasteiger partial charge on any atom is 0.271 e. The summed E-state index contributed by atoms with van der Waals surface area (Å²) in [5.41, 5.74) is 0.227. The van der Waals surface area contributed by atoms with Crippen LogP contribution in [-0.4, -0.2) is 48.7 Å². The molecule has 1 atom stereocenters. The Bertz CT molecular complexity index is 1450. The Hall–Kier alpha value is -3.96. The van der Waals surface area contributed by atoms with Gasteiger partial charge in [-0.15, -0.1) is 0 Å². The molecule has 0 bridgehead atoms. The van der Waals surface area contributed by atoms with Crippen molar-refractivity contribution in [3.8, 4) is 0 Å². The second-order valence-corrected chi connectivity index (χ2v) is 11.4. The standard InChI is InChI=1S/C27H29ClN4O6S/c1-19(2)29-27(34)20(3)30(17-21-9-7-10-22(28)15-21)26(33)18-31(23-11-8-12-24(16-23)32(35)36)39(37,38)25-13-5-4-6-14-25/h4-16,19-20H,17-18H2,1-3H3,(H,29,34)/t20-/m1/s1. The highest BCUT2D eigenvalue weighted by molar-refractivity contribution is 7.92. The van der Waals surface area contributed by atoms with Gasteiger partial charge in [-0.05, 0) is 56.7 Å². The first-order valence-electron chi connectivity index (χ1n) is 12.1. The van der Waals surface area contributed by atoms with Crippen LogP contribution in [0.2, 0.25) is 5.02 Å². The van der Waals surface area contributed by atoms with Crippen LogP contribution in [0.3, 0.4) is 0 Å². The average Bonchev–Trinajstić information content (AvgIpc) is 2.90. The van der Waals surface area contributed by atoms with E-state index >= 15 is 0 Å². The van der Waals surface area contributed by atoms with E-state index in [2.05, 4.69) is 5.32 Å². The fourth-order valence-corrected chi connectivity index (χ4v) is 5.47. The summed E-state index contributed by atoms with van der Waals surface area (Å²) in [5.74, 6) is -1.11. The van der Waals surface area contributed by atoms with Crippen LogP contribution in [0.5, 0.6) is 0 Å². The Morgan fingerprint density at radius 2 is 1.64 bits per heavy atom. The Morgan fingerprint density at radius 1 is 0.974 bits per heavy atom. The zero-order chi connectivity index (χ0) is 28.7. The molecule has 0 aliphatic carbocycles. The number of anilines is 1. The van der Waals surface area contributed by atoms with Crippen molar-refractivity contribution in [3.05, 3.63) is 99.6 Å². The first kappa shape index (κ1) is 29.6. The molecule has 3 rings (SSSR count). The molecule has 12 heteroatoms. The van der Waals surface area contributed by atoms with Gasteiger partial charge < -0.3 is 10.2 Å². The van der Waals surface area contributed by atoms with Crippen LogP contribution < -0.4 is 9.62 Å². The minimum atomic E-state index is -4.33. The monoisotopic (exact) mass is 572 g/mol. The van der Waals surface area contributed by atoms with Gasteiger partial charge in [0.15, 0.2) is 0 Å². The summed E-state index contributed by atoms with van der Waals surface area (Å²) >= 11 is 6.13. The van der Waals surface area contributed by atoms with E-state index in [1.807, 2.05) is 0 Å². The second kappa shape index (κ2) is 12.7. The molecule has 0 unspecified atom stereocenters. The topological polar surface area (TPSA) is 130 Å². The van der Waals surface area contributed by atoms with Crippen molar-refractivity contribution in [1.82, 2.24) is 10.2 Å². The van der Waals surface area contributed by atoms with Crippen LogP contribution >= 0.6 is 11.6 Å². The number of sulfonamides is 1. The number of rotatable bonds is 11. The lowest BCUT2D eigenvalue weighted by Gasteiger charge is -2.32. The molecule has 0 saturated heterocycles. The molecule has 2 amide bonds. The molecule has 0 spiro atoms. The Morgan fingerprint density at radius 3 is 2.26 bits per heavy atom. The number of non-ortho nitro benzene ring substituents is 1. The molecule has 3 aromatic carbocycles. The summed E-state index contributed by atoms with van der Waals surface area (Å²) in [6, 6.07) is 18.1. The van der Waals surface area contributed by atoms with Gasteiger partial charge in [-0.1, -0.05) is 48.0 Å². The molecule has 0 aliphatic rings. The molecule has 10 nitrogen and oxygen atoms in total. The van der Waals surface area contributed by atoms with Crippen LogP contribution in [0.1, 0.15) is 26.3 Å². The van der Waals surface area contributed by atoms with Gasteiger partial charge in [0.25, 0.3) is 15.7 Å². The van der Waals surface area contributed by atoms with E-state index in [0.717, 1.165) is 10.4 Å². The summed E-state index contributed by atoms with van der Waals surface area (Å²) in [6.45, 7) is 4.37. The van der Waals surface area contributed by atoms with Gasteiger partial charge in [0.1, 0.15) is 12.6 Å². The predicted molar refractivity (Wildman–Crippen MR) is 149 cm³/mol. The van der Waals surface area contributed by atoms with Crippen molar-refractivity contribution >= 4 is 44.8 Å². The van der Waals surface area contributed by atoms with Crippen molar-refractivity contribution in [2.45, 2.75) is 44.3 Å². The zero-order valence-electron chi connectivity index (χ0n) is 21.7. The highest BCUT2D eigenvalue weighted by atomic mass is 35.5.